The third-order valence-corrected chi connectivity index (χ3v) is 5.87. The first-order valence-corrected chi connectivity index (χ1v) is 10.9. The fourth-order valence-electron chi connectivity index (χ4n) is 3.98. The molecule has 0 saturated carbocycles. The van der Waals surface area contributed by atoms with Crippen molar-refractivity contribution < 1.29 is 9.53 Å². The number of hydrogen-bond acceptors (Lipinski definition) is 6. The van der Waals surface area contributed by atoms with E-state index in [0.29, 0.717) is 23.5 Å². The number of rotatable bonds is 4. The lowest BCUT2D eigenvalue weighted by atomic mass is 10.2. The molecule has 0 spiro atoms. The molecule has 9 heteroatoms. The molecule has 2 aromatic carbocycles. The number of nitrogens with zero attached hydrogens (tertiary/aromatic N) is 5. The van der Waals surface area contributed by atoms with Crippen molar-refractivity contribution in [2.75, 3.05) is 18.0 Å². The monoisotopic (exact) mass is 481 g/mol. The Morgan fingerprint density at radius 2 is 1.87 bits per heavy atom. The Morgan fingerprint density at radius 3 is 2.58 bits per heavy atom. The van der Waals surface area contributed by atoms with Gasteiger partial charge in [0.15, 0.2) is 0 Å². The molecule has 4 aromatic rings. The van der Waals surface area contributed by atoms with Crippen molar-refractivity contribution >= 4 is 44.5 Å². The Balaban J connectivity index is 1.64. The minimum Gasteiger partial charge on any atom is -0.427 e. The van der Waals surface area contributed by atoms with Gasteiger partial charge in [0.2, 0.25) is 11.7 Å². The highest BCUT2D eigenvalue weighted by molar-refractivity contribution is 9.10. The maximum Gasteiger partial charge on any atom is 0.308 e. The Kier molecular flexibility index (Phi) is 4.97. The number of fused-ring (bicyclic) bond motifs is 3. The molecule has 5 rings (SSSR count). The number of carbonyl (C=O) groups is 1. The van der Waals surface area contributed by atoms with Gasteiger partial charge >= 0.3 is 5.97 Å². The van der Waals surface area contributed by atoms with Crippen molar-refractivity contribution in [3.63, 3.8) is 0 Å². The summed E-state index contributed by atoms with van der Waals surface area (Å²) in [6.07, 6.45) is 2.23. The average molecular weight is 482 g/mol. The number of ether oxygens (including phenoxy) is 1. The molecule has 1 saturated heterocycles. The highest BCUT2D eigenvalue weighted by atomic mass is 79.9. The summed E-state index contributed by atoms with van der Waals surface area (Å²) in [7, 11) is 0. The van der Waals surface area contributed by atoms with Gasteiger partial charge in [-0.2, -0.15) is 4.98 Å². The van der Waals surface area contributed by atoms with E-state index in [2.05, 4.69) is 25.8 Å². The first-order valence-electron chi connectivity index (χ1n) is 10.1. The van der Waals surface area contributed by atoms with Crippen LogP contribution >= 0.6 is 15.9 Å². The molecule has 1 aliphatic rings. The molecule has 0 radical (unpaired) electrons. The van der Waals surface area contributed by atoms with Crippen molar-refractivity contribution in [3.8, 4) is 5.75 Å². The van der Waals surface area contributed by atoms with Crippen molar-refractivity contribution in [1.82, 2.24) is 19.2 Å². The summed E-state index contributed by atoms with van der Waals surface area (Å²) in [6, 6.07) is 12.9. The standard InChI is InChI=1S/C22H20BrN5O3/c1-14(29)31-17-7-4-15(5-8-17)13-27-21-24-20(30)18-12-16(23)6-9-19(18)28(21)22(25-27)26-10-2-3-11-26/h4-9,12H,2-3,10-11,13H2,1H3. The highest BCUT2D eigenvalue weighted by Crippen LogP contribution is 2.25. The fourth-order valence-corrected chi connectivity index (χ4v) is 4.34. The molecule has 0 unspecified atom stereocenters. The van der Waals surface area contributed by atoms with Gasteiger partial charge in [0.25, 0.3) is 5.56 Å². The van der Waals surface area contributed by atoms with Crippen molar-refractivity contribution in [1.29, 1.82) is 0 Å². The summed E-state index contributed by atoms with van der Waals surface area (Å²) in [4.78, 5) is 30.5. The molecule has 1 aliphatic heterocycles. The van der Waals surface area contributed by atoms with Gasteiger partial charge in [0.05, 0.1) is 17.4 Å². The van der Waals surface area contributed by atoms with E-state index in [9.17, 15) is 9.59 Å². The quantitative estimate of drug-likeness (QED) is 0.328. The van der Waals surface area contributed by atoms with Gasteiger partial charge in [-0.1, -0.05) is 28.1 Å². The van der Waals surface area contributed by atoms with E-state index in [0.717, 1.165) is 47.4 Å². The molecular formula is C22H20BrN5O3. The SMILES string of the molecule is CC(=O)Oc1ccc(Cn2nc(N3CCCC3)n3c4ccc(Br)cc4c(=O)nc23)cc1. The number of benzene rings is 2. The molecular weight excluding hydrogens is 462 g/mol. The van der Waals surface area contributed by atoms with Crippen LogP contribution in [0.15, 0.2) is 51.7 Å². The zero-order valence-corrected chi connectivity index (χ0v) is 18.5. The number of anilines is 1. The molecule has 0 amide bonds. The Hall–Kier alpha value is -3.20. The molecule has 31 heavy (non-hydrogen) atoms. The van der Waals surface area contributed by atoms with E-state index >= 15 is 0 Å². The van der Waals surface area contributed by atoms with Crippen LogP contribution in [0.4, 0.5) is 5.95 Å². The zero-order chi connectivity index (χ0) is 21.5. The molecule has 0 aliphatic carbocycles. The second-order valence-corrected chi connectivity index (χ2v) is 8.52. The van der Waals surface area contributed by atoms with E-state index in [4.69, 9.17) is 9.84 Å². The molecule has 1 fully saturated rings. The van der Waals surface area contributed by atoms with Crippen molar-refractivity contribution in [3.05, 3.63) is 62.9 Å². The second kappa shape index (κ2) is 7.81. The first kappa shape index (κ1) is 19.7. The molecule has 2 aromatic heterocycles. The van der Waals surface area contributed by atoms with Crippen LogP contribution in [0, 0.1) is 0 Å². The Bertz CT molecular complexity index is 1350. The van der Waals surface area contributed by atoms with Crippen LogP contribution < -0.4 is 15.2 Å². The zero-order valence-electron chi connectivity index (χ0n) is 16.9. The predicted octanol–water partition coefficient (Wildman–Crippen LogP) is 3.38. The number of esters is 1. The number of carbonyl (C=O) groups excluding carboxylic acids is 1. The van der Waals surface area contributed by atoms with Gasteiger partial charge in [0.1, 0.15) is 5.75 Å². The smallest absolute Gasteiger partial charge is 0.308 e. The van der Waals surface area contributed by atoms with E-state index < -0.39 is 0 Å². The van der Waals surface area contributed by atoms with Crippen molar-refractivity contribution in [2.24, 2.45) is 0 Å². The highest BCUT2D eigenvalue weighted by Gasteiger charge is 2.23. The molecule has 8 nitrogen and oxygen atoms in total. The predicted molar refractivity (Wildman–Crippen MR) is 121 cm³/mol. The number of halogens is 1. The van der Waals surface area contributed by atoms with Gasteiger partial charge in [-0.05, 0) is 48.7 Å². The number of hydrogen-bond donors (Lipinski definition) is 0. The molecule has 3 heterocycles. The first-order chi connectivity index (χ1) is 15.0. The topological polar surface area (TPSA) is 81.7 Å². The van der Waals surface area contributed by atoms with E-state index in [1.807, 2.05) is 28.7 Å². The van der Waals surface area contributed by atoms with Crippen LogP contribution in [0.3, 0.4) is 0 Å². The van der Waals surface area contributed by atoms with Crippen LogP contribution in [0.5, 0.6) is 5.75 Å². The summed E-state index contributed by atoms with van der Waals surface area (Å²) in [5.74, 6) is 1.43. The normalized spacial score (nSPS) is 13.9. The van der Waals surface area contributed by atoms with E-state index in [1.54, 1.807) is 22.9 Å². The van der Waals surface area contributed by atoms with Gasteiger partial charge < -0.3 is 9.64 Å². The van der Waals surface area contributed by atoms with Gasteiger partial charge in [-0.15, -0.1) is 5.10 Å². The fraction of sp³-hybridized carbons (Fsp3) is 0.273. The summed E-state index contributed by atoms with van der Waals surface area (Å²) >= 11 is 3.45. The van der Waals surface area contributed by atoms with Crippen LogP contribution in [0.2, 0.25) is 0 Å². The van der Waals surface area contributed by atoms with Crippen LogP contribution in [-0.4, -0.2) is 38.2 Å². The maximum absolute atomic E-state index is 12.8. The molecule has 158 valence electrons. The van der Waals surface area contributed by atoms with Crippen molar-refractivity contribution in [2.45, 2.75) is 26.3 Å². The van der Waals surface area contributed by atoms with Gasteiger partial charge in [-0.25, -0.2) is 9.08 Å². The van der Waals surface area contributed by atoms with Crippen LogP contribution in [0.1, 0.15) is 25.3 Å². The number of aromatic nitrogens is 4. The summed E-state index contributed by atoms with van der Waals surface area (Å²) in [5, 5.41) is 5.41. The summed E-state index contributed by atoms with van der Waals surface area (Å²) in [6.45, 7) is 3.66. The minimum atomic E-state index is -0.358. The lowest BCUT2D eigenvalue weighted by Crippen LogP contribution is -2.21. The largest absolute Gasteiger partial charge is 0.427 e. The lowest BCUT2D eigenvalue weighted by Gasteiger charge is -2.15. The van der Waals surface area contributed by atoms with Gasteiger partial charge in [0, 0.05) is 24.5 Å². The second-order valence-electron chi connectivity index (χ2n) is 7.60. The Morgan fingerprint density at radius 1 is 1.13 bits per heavy atom. The van der Waals surface area contributed by atoms with Gasteiger partial charge in [-0.3, -0.25) is 9.59 Å². The third-order valence-electron chi connectivity index (χ3n) is 5.38. The van der Waals surface area contributed by atoms with E-state index in [-0.39, 0.29) is 11.5 Å². The lowest BCUT2D eigenvalue weighted by molar-refractivity contribution is -0.131. The maximum atomic E-state index is 12.8. The molecule has 0 bridgehead atoms. The van der Waals surface area contributed by atoms with Crippen LogP contribution in [-0.2, 0) is 11.3 Å². The summed E-state index contributed by atoms with van der Waals surface area (Å²) < 4.78 is 9.68. The molecule has 0 N–H and O–H groups in total. The molecule has 0 atom stereocenters. The summed E-state index contributed by atoms with van der Waals surface area (Å²) in [5.41, 5.74) is 1.46. The minimum absolute atomic E-state index is 0.282. The van der Waals surface area contributed by atoms with Crippen LogP contribution in [0.25, 0.3) is 16.7 Å². The third kappa shape index (κ3) is 3.69. The average Bonchev–Trinajstić information content (AvgIpc) is 3.38. The van der Waals surface area contributed by atoms with E-state index in [1.165, 1.54) is 6.92 Å². The Labute approximate surface area is 186 Å².